The van der Waals surface area contributed by atoms with Gasteiger partial charge in [0.2, 0.25) is 0 Å². The summed E-state index contributed by atoms with van der Waals surface area (Å²) in [5, 5.41) is 3.76. The molecule has 106 valence electrons. The molecular formula is C16H18ClNO2. The standard InChI is InChI=1S/C16H18ClNO2/c1-11(18-2)12-8-9-14(13(17)10-12)20-16-7-5-4-6-15(16)19-3/h4-11,18H,1-3H3. The zero-order chi connectivity index (χ0) is 14.5. The Morgan fingerprint density at radius 2 is 1.75 bits per heavy atom. The van der Waals surface area contributed by atoms with Gasteiger partial charge in [0, 0.05) is 6.04 Å². The number of benzene rings is 2. The van der Waals surface area contributed by atoms with E-state index in [2.05, 4.69) is 12.2 Å². The number of nitrogens with one attached hydrogen (secondary N) is 1. The molecule has 1 N–H and O–H groups in total. The van der Waals surface area contributed by atoms with Gasteiger partial charge in [0.05, 0.1) is 12.1 Å². The van der Waals surface area contributed by atoms with Gasteiger partial charge in [0.1, 0.15) is 5.75 Å². The first-order valence-corrected chi connectivity index (χ1v) is 6.81. The molecule has 0 aliphatic carbocycles. The van der Waals surface area contributed by atoms with Crippen LogP contribution in [-0.4, -0.2) is 14.2 Å². The van der Waals surface area contributed by atoms with Crippen molar-refractivity contribution in [3.63, 3.8) is 0 Å². The molecule has 0 spiro atoms. The molecule has 20 heavy (non-hydrogen) atoms. The lowest BCUT2D eigenvalue weighted by Crippen LogP contribution is -2.12. The lowest BCUT2D eigenvalue weighted by Gasteiger charge is -2.14. The lowest BCUT2D eigenvalue weighted by molar-refractivity contribution is 0.379. The van der Waals surface area contributed by atoms with Gasteiger partial charge in [-0.3, -0.25) is 0 Å². The second-order valence-corrected chi connectivity index (χ2v) is 4.86. The summed E-state index contributed by atoms with van der Waals surface area (Å²) in [5.41, 5.74) is 1.12. The summed E-state index contributed by atoms with van der Waals surface area (Å²) >= 11 is 6.28. The molecule has 0 heterocycles. The lowest BCUT2D eigenvalue weighted by atomic mass is 10.1. The van der Waals surface area contributed by atoms with E-state index in [1.54, 1.807) is 7.11 Å². The predicted octanol–water partition coefficient (Wildman–Crippen LogP) is 4.42. The normalized spacial score (nSPS) is 12.0. The summed E-state index contributed by atoms with van der Waals surface area (Å²) in [7, 11) is 3.53. The second-order valence-electron chi connectivity index (χ2n) is 4.45. The van der Waals surface area contributed by atoms with E-state index in [-0.39, 0.29) is 6.04 Å². The van der Waals surface area contributed by atoms with Crippen LogP contribution in [0.4, 0.5) is 0 Å². The Bertz CT molecular complexity index is 586. The molecule has 4 heteroatoms. The fourth-order valence-electron chi connectivity index (χ4n) is 1.86. The highest BCUT2D eigenvalue weighted by Crippen LogP contribution is 2.35. The minimum atomic E-state index is 0.243. The molecule has 0 aliphatic heterocycles. The Kier molecular flexibility index (Phi) is 4.88. The molecule has 1 unspecified atom stereocenters. The van der Waals surface area contributed by atoms with Crippen molar-refractivity contribution in [2.24, 2.45) is 0 Å². The van der Waals surface area contributed by atoms with Gasteiger partial charge in [-0.2, -0.15) is 0 Å². The number of hydrogen-bond donors (Lipinski definition) is 1. The van der Waals surface area contributed by atoms with Gasteiger partial charge in [0.15, 0.2) is 11.5 Å². The van der Waals surface area contributed by atoms with Crippen LogP contribution in [0.5, 0.6) is 17.2 Å². The van der Waals surface area contributed by atoms with Crippen molar-refractivity contribution in [3.05, 3.63) is 53.1 Å². The van der Waals surface area contributed by atoms with E-state index in [9.17, 15) is 0 Å². The number of hydrogen-bond acceptors (Lipinski definition) is 3. The molecule has 2 aromatic rings. The van der Waals surface area contributed by atoms with Crippen LogP contribution in [0.3, 0.4) is 0 Å². The summed E-state index contributed by atoms with van der Waals surface area (Å²) in [6.45, 7) is 2.08. The van der Waals surface area contributed by atoms with E-state index in [1.807, 2.05) is 49.5 Å². The van der Waals surface area contributed by atoms with Crippen LogP contribution in [-0.2, 0) is 0 Å². The number of para-hydroxylation sites is 2. The highest BCUT2D eigenvalue weighted by atomic mass is 35.5. The first-order valence-electron chi connectivity index (χ1n) is 6.43. The van der Waals surface area contributed by atoms with Crippen molar-refractivity contribution >= 4 is 11.6 Å². The highest BCUT2D eigenvalue weighted by molar-refractivity contribution is 6.32. The SMILES string of the molecule is CNC(C)c1ccc(Oc2ccccc2OC)c(Cl)c1. The predicted molar refractivity (Wildman–Crippen MR) is 82.0 cm³/mol. The van der Waals surface area contributed by atoms with E-state index in [4.69, 9.17) is 21.1 Å². The molecule has 0 amide bonds. The molecule has 0 fully saturated rings. The van der Waals surface area contributed by atoms with E-state index in [0.29, 0.717) is 22.3 Å². The third kappa shape index (κ3) is 3.24. The fraction of sp³-hybridized carbons (Fsp3) is 0.250. The second kappa shape index (κ2) is 6.64. The summed E-state index contributed by atoms with van der Waals surface area (Å²) in [4.78, 5) is 0. The van der Waals surface area contributed by atoms with Crippen LogP contribution < -0.4 is 14.8 Å². The molecule has 0 saturated heterocycles. The van der Waals surface area contributed by atoms with Crippen molar-refractivity contribution in [3.8, 4) is 17.2 Å². The quantitative estimate of drug-likeness (QED) is 0.884. The molecule has 0 bridgehead atoms. The van der Waals surface area contributed by atoms with Gasteiger partial charge >= 0.3 is 0 Å². The van der Waals surface area contributed by atoms with Gasteiger partial charge in [-0.25, -0.2) is 0 Å². The summed E-state index contributed by atoms with van der Waals surface area (Å²) < 4.78 is 11.1. The first kappa shape index (κ1) is 14.7. The number of ether oxygens (including phenoxy) is 2. The van der Waals surface area contributed by atoms with E-state index < -0.39 is 0 Å². The van der Waals surface area contributed by atoms with Crippen LogP contribution in [0.25, 0.3) is 0 Å². The van der Waals surface area contributed by atoms with Crippen LogP contribution >= 0.6 is 11.6 Å². The van der Waals surface area contributed by atoms with Crippen LogP contribution in [0.2, 0.25) is 5.02 Å². The molecule has 1 atom stereocenters. The summed E-state index contributed by atoms with van der Waals surface area (Å²) in [6, 6.07) is 13.5. The Labute approximate surface area is 124 Å². The van der Waals surface area contributed by atoms with Gasteiger partial charge in [-0.05, 0) is 43.8 Å². The maximum atomic E-state index is 6.28. The number of methoxy groups -OCH3 is 1. The minimum Gasteiger partial charge on any atom is -0.493 e. The van der Waals surface area contributed by atoms with Crippen molar-refractivity contribution in [1.29, 1.82) is 0 Å². The molecule has 0 saturated carbocycles. The maximum Gasteiger partial charge on any atom is 0.169 e. The molecule has 3 nitrogen and oxygen atoms in total. The van der Waals surface area contributed by atoms with Crippen molar-refractivity contribution in [2.45, 2.75) is 13.0 Å². The summed E-state index contributed by atoms with van der Waals surface area (Å²) in [6.07, 6.45) is 0. The molecular weight excluding hydrogens is 274 g/mol. The van der Waals surface area contributed by atoms with Gasteiger partial charge in [-0.1, -0.05) is 29.8 Å². The smallest absolute Gasteiger partial charge is 0.169 e. The topological polar surface area (TPSA) is 30.5 Å². The largest absolute Gasteiger partial charge is 0.493 e. The van der Waals surface area contributed by atoms with Crippen molar-refractivity contribution in [2.75, 3.05) is 14.2 Å². The van der Waals surface area contributed by atoms with Gasteiger partial charge in [0.25, 0.3) is 0 Å². The molecule has 0 radical (unpaired) electrons. The van der Waals surface area contributed by atoms with Gasteiger partial charge < -0.3 is 14.8 Å². The number of halogens is 1. The molecule has 2 aromatic carbocycles. The third-order valence-corrected chi connectivity index (χ3v) is 3.47. The Morgan fingerprint density at radius 3 is 2.35 bits per heavy atom. The Morgan fingerprint density at radius 1 is 1.05 bits per heavy atom. The Balaban J connectivity index is 2.26. The average Bonchev–Trinajstić information content (AvgIpc) is 2.49. The van der Waals surface area contributed by atoms with Crippen LogP contribution in [0, 0.1) is 0 Å². The van der Waals surface area contributed by atoms with E-state index in [1.165, 1.54) is 0 Å². The molecule has 0 aliphatic rings. The Hall–Kier alpha value is -1.71. The minimum absolute atomic E-state index is 0.243. The average molecular weight is 292 g/mol. The molecule has 2 rings (SSSR count). The van der Waals surface area contributed by atoms with E-state index in [0.717, 1.165) is 5.56 Å². The zero-order valence-electron chi connectivity index (χ0n) is 11.8. The van der Waals surface area contributed by atoms with Crippen LogP contribution in [0.15, 0.2) is 42.5 Å². The van der Waals surface area contributed by atoms with Crippen molar-refractivity contribution < 1.29 is 9.47 Å². The van der Waals surface area contributed by atoms with Crippen LogP contribution in [0.1, 0.15) is 18.5 Å². The fourth-order valence-corrected chi connectivity index (χ4v) is 2.09. The monoisotopic (exact) mass is 291 g/mol. The highest BCUT2D eigenvalue weighted by Gasteiger charge is 2.10. The van der Waals surface area contributed by atoms with Gasteiger partial charge in [-0.15, -0.1) is 0 Å². The first-order chi connectivity index (χ1) is 9.65. The van der Waals surface area contributed by atoms with Crippen molar-refractivity contribution in [1.82, 2.24) is 5.32 Å². The third-order valence-electron chi connectivity index (χ3n) is 3.18. The summed E-state index contributed by atoms with van der Waals surface area (Å²) in [5.74, 6) is 1.94. The molecule has 0 aromatic heterocycles. The van der Waals surface area contributed by atoms with E-state index >= 15 is 0 Å². The zero-order valence-corrected chi connectivity index (χ0v) is 12.6. The maximum absolute atomic E-state index is 6.28. The number of rotatable bonds is 5.